The van der Waals surface area contributed by atoms with E-state index < -0.39 is 0 Å². The maximum atomic E-state index is 12.9. The first-order valence-corrected chi connectivity index (χ1v) is 9.06. The summed E-state index contributed by atoms with van der Waals surface area (Å²) in [4.78, 5) is 21.0. The number of carbonyl (C=O) groups is 1. The minimum Gasteiger partial charge on any atom is -0.342 e. The summed E-state index contributed by atoms with van der Waals surface area (Å²) in [5.41, 5.74) is 4.66. The molecule has 0 unspecified atom stereocenters. The predicted molar refractivity (Wildman–Crippen MR) is 108 cm³/mol. The van der Waals surface area contributed by atoms with E-state index >= 15 is 0 Å². The largest absolute Gasteiger partial charge is 0.342 e. The number of hydrogen-bond donors (Lipinski definition) is 2. The zero-order valence-electron chi connectivity index (χ0n) is 15.1. The monoisotopic (exact) mass is 355 g/mol. The first kappa shape index (κ1) is 17.0. The molecule has 0 aliphatic carbocycles. The van der Waals surface area contributed by atoms with E-state index in [1.807, 2.05) is 73.7 Å². The van der Waals surface area contributed by atoms with Gasteiger partial charge in [0.2, 0.25) is 0 Å². The summed E-state index contributed by atoms with van der Waals surface area (Å²) < 4.78 is 0. The number of nitrogens with one attached hydrogen (secondary N) is 2. The molecule has 1 heterocycles. The fraction of sp³-hybridized carbons (Fsp3) is 0.130. The average Bonchev–Trinajstić information content (AvgIpc) is 3.13. The van der Waals surface area contributed by atoms with Crippen LogP contribution in [0.1, 0.15) is 33.4 Å². The fourth-order valence-electron chi connectivity index (χ4n) is 3.27. The predicted octanol–water partition coefficient (Wildman–Crippen LogP) is 4.59. The lowest BCUT2D eigenvalue weighted by Crippen LogP contribution is -2.31. The summed E-state index contributed by atoms with van der Waals surface area (Å²) in [5, 5.41) is 3.17. The molecule has 0 aliphatic heterocycles. The second-order valence-corrected chi connectivity index (χ2v) is 6.67. The molecule has 0 aliphatic rings. The molecule has 1 aromatic heterocycles. The molecule has 1 amide bonds. The number of fused-ring (bicyclic) bond motifs is 1. The number of aromatic amines is 1. The Morgan fingerprint density at radius 3 is 2.44 bits per heavy atom. The molecule has 0 saturated carbocycles. The standard InChI is InChI=1S/C23H21N3O/c1-16-9-5-6-12-18(16)23(27)26-21(15-17-10-3-2-4-11-17)22-24-19-13-7-8-14-20(19)25-22/h2-14,21H,15H2,1H3,(H,24,25)(H,26,27)/t21-/m0/s1. The maximum Gasteiger partial charge on any atom is 0.252 e. The smallest absolute Gasteiger partial charge is 0.252 e. The first-order chi connectivity index (χ1) is 13.2. The number of nitrogens with zero attached hydrogens (tertiary/aromatic N) is 1. The highest BCUT2D eigenvalue weighted by Gasteiger charge is 2.20. The Morgan fingerprint density at radius 2 is 1.67 bits per heavy atom. The third kappa shape index (κ3) is 3.75. The Hall–Kier alpha value is -3.40. The van der Waals surface area contributed by atoms with Gasteiger partial charge in [0.25, 0.3) is 5.91 Å². The van der Waals surface area contributed by atoms with Crippen LogP contribution in [0.3, 0.4) is 0 Å². The lowest BCUT2D eigenvalue weighted by molar-refractivity contribution is 0.0934. The Morgan fingerprint density at radius 1 is 0.963 bits per heavy atom. The van der Waals surface area contributed by atoms with Crippen LogP contribution in [-0.2, 0) is 6.42 Å². The van der Waals surface area contributed by atoms with Gasteiger partial charge in [0.1, 0.15) is 5.82 Å². The lowest BCUT2D eigenvalue weighted by atomic mass is 10.0. The number of imidazole rings is 1. The number of aromatic nitrogens is 2. The minimum atomic E-state index is -0.244. The van der Waals surface area contributed by atoms with Gasteiger partial charge in [0.15, 0.2) is 0 Å². The number of rotatable bonds is 5. The van der Waals surface area contributed by atoms with Crippen LogP contribution in [0.4, 0.5) is 0 Å². The Kier molecular flexibility index (Phi) is 4.71. The molecule has 2 N–H and O–H groups in total. The van der Waals surface area contributed by atoms with Crippen LogP contribution in [0.15, 0.2) is 78.9 Å². The second kappa shape index (κ2) is 7.46. The van der Waals surface area contributed by atoms with Crippen LogP contribution in [0.5, 0.6) is 0 Å². The number of aryl methyl sites for hydroxylation is 1. The molecule has 4 nitrogen and oxygen atoms in total. The number of H-pyrrole nitrogens is 1. The number of amides is 1. The number of carbonyl (C=O) groups excluding carboxylic acids is 1. The van der Waals surface area contributed by atoms with E-state index in [0.29, 0.717) is 12.0 Å². The van der Waals surface area contributed by atoms with Gasteiger partial charge in [-0.25, -0.2) is 4.98 Å². The van der Waals surface area contributed by atoms with E-state index in [4.69, 9.17) is 4.98 Å². The number of para-hydroxylation sites is 2. The molecule has 0 radical (unpaired) electrons. The van der Waals surface area contributed by atoms with Gasteiger partial charge in [-0.15, -0.1) is 0 Å². The fourth-order valence-corrected chi connectivity index (χ4v) is 3.27. The molecule has 3 aromatic carbocycles. The van der Waals surface area contributed by atoms with Crippen molar-refractivity contribution in [2.45, 2.75) is 19.4 Å². The van der Waals surface area contributed by atoms with Crippen molar-refractivity contribution in [1.82, 2.24) is 15.3 Å². The van der Waals surface area contributed by atoms with Crippen LogP contribution < -0.4 is 5.32 Å². The van der Waals surface area contributed by atoms with Crippen LogP contribution in [-0.4, -0.2) is 15.9 Å². The molecule has 134 valence electrons. The second-order valence-electron chi connectivity index (χ2n) is 6.67. The Bertz CT molecular complexity index is 1040. The third-order valence-corrected chi connectivity index (χ3v) is 4.72. The maximum absolute atomic E-state index is 12.9. The number of benzene rings is 3. The van der Waals surface area contributed by atoms with Gasteiger partial charge in [0.05, 0.1) is 17.1 Å². The molecule has 0 bridgehead atoms. The first-order valence-electron chi connectivity index (χ1n) is 9.06. The van der Waals surface area contributed by atoms with Gasteiger partial charge in [-0.1, -0.05) is 60.7 Å². The Labute approximate surface area is 158 Å². The topological polar surface area (TPSA) is 57.8 Å². The summed E-state index contributed by atoms with van der Waals surface area (Å²) in [6.45, 7) is 1.95. The molecule has 0 spiro atoms. The summed E-state index contributed by atoms with van der Waals surface area (Å²) >= 11 is 0. The van der Waals surface area contributed by atoms with Crippen molar-refractivity contribution in [3.63, 3.8) is 0 Å². The highest BCUT2D eigenvalue weighted by molar-refractivity contribution is 5.95. The van der Waals surface area contributed by atoms with E-state index in [0.717, 1.165) is 28.0 Å². The van der Waals surface area contributed by atoms with Gasteiger partial charge in [-0.3, -0.25) is 4.79 Å². The van der Waals surface area contributed by atoms with Gasteiger partial charge in [-0.05, 0) is 42.7 Å². The molecule has 4 heteroatoms. The molecule has 0 fully saturated rings. The van der Waals surface area contributed by atoms with Crippen LogP contribution >= 0.6 is 0 Å². The molecular formula is C23H21N3O. The van der Waals surface area contributed by atoms with E-state index in [9.17, 15) is 4.79 Å². The van der Waals surface area contributed by atoms with Crippen molar-refractivity contribution in [3.05, 3.63) is 101 Å². The molecule has 27 heavy (non-hydrogen) atoms. The van der Waals surface area contributed by atoms with Crippen molar-refractivity contribution in [2.24, 2.45) is 0 Å². The van der Waals surface area contributed by atoms with Gasteiger partial charge in [0, 0.05) is 5.56 Å². The Balaban J connectivity index is 1.67. The van der Waals surface area contributed by atoms with Crippen molar-refractivity contribution in [1.29, 1.82) is 0 Å². The molecule has 1 atom stereocenters. The van der Waals surface area contributed by atoms with Crippen LogP contribution in [0.2, 0.25) is 0 Å². The molecular weight excluding hydrogens is 334 g/mol. The van der Waals surface area contributed by atoms with Crippen LogP contribution in [0.25, 0.3) is 11.0 Å². The summed E-state index contributed by atoms with van der Waals surface area (Å²) in [6, 6.07) is 25.4. The highest BCUT2D eigenvalue weighted by atomic mass is 16.1. The molecule has 4 rings (SSSR count). The average molecular weight is 355 g/mol. The van der Waals surface area contributed by atoms with Gasteiger partial charge >= 0.3 is 0 Å². The van der Waals surface area contributed by atoms with Crippen LogP contribution in [0, 0.1) is 6.92 Å². The van der Waals surface area contributed by atoms with Crippen molar-refractivity contribution >= 4 is 16.9 Å². The van der Waals surface area contributed by atoms with Crippen molar-refractivity contribution in [3.8, 4) is 0 Å². The third-order valence-electron chi connectivity index (χ3n) is 4.72. The van der Waals surface area contributed by atoms with E-state index in [-0.39, 0.29) is 11.9 Å². The summed E-state index contributed by atoms with van der Waals surface area (Å²) in [7, 11) is 0. The number of hydrogen-bond acceptors (Lipinski definition) is 2. The normalized spacial score (nSPS) is 12.0. The quantitative estimate of drug-likeness (QED) is 0.550. The zero-order chi connectivity index (χ0) is 18.6. The summed E-state index contributed by atoms with van der Waals surface area (Å²) in [5.74, 6) is 0.677. The van der Waals surface area contributed by atoms with E-state index in [1.165, 1.54) is 0 Å². The summed E-state index contributed by atoms with van der Waals surface area (Å²) in [6.07, 6.45) is 0.665. The molecule has 4 aromatic rings. The minimum absolute atomic E-state index is 0.0884. The van der Waals surface area contributed by atoms with E-state index in [1.54, 1.807) is 0 Å². The molecule has 0 saturated heterocycles. The SMILES string of the molecule is Cc1ccccc1C(=O)N[C@@H](Cc1ccccc1)c1nc2ccccc2[nH]1. The van der Waals surface area contributed by atoms with Gasteiger partial charge in [-0.2, -0.15) is 0 Å². The highest BCUT2D eigenvalue weighted by Crippen LogP contribution is 2.21. The lowest BCUT2D eigenvalue weighted by Gasteiger charge is -2.18. The van der Waals surface area contributed by atoms with E-state index in [2.05, 4.69) is 22.4 Å². The zero-order valence-corrected chi connectivity index (χ0v) is 15.1. The van der Waals surface area contributed by atoms with Crippen molar-refractivity contribution < 1.29 is 4.79 Å². The van der Waals surface area contributed by atoms with Crippen molar-refractivity contribution in [2.75, 3.05) is 0 Å². The van der Waals surface area contributed by atoms with Gasteiger partial charge < -0.3 is 10.3 Å².